The molecule has 0 aliphatic rings. The van der Waals surface area contributed by atoms with Gasteiger partial charge in [-0.2, -0.15) is 0 Å². The second-order valence-electron chi connectivity index (χ2n) is 5.85. The summed E-state index contributed by atoms with van der Waals surface area (Å²) in [5.41, 5.74) is 2.21. The molecule has 0 aliphatic carbocycles. The highest BCUT2D eigenvalue weighted by Gasteiger charge is 2.16. The number of amides is 1. The Morgan fingerprint density at radius 3 is 2.48 bits per heavy atom. The minimum Gasteiger partial charge on any atom is -0.493 e. The van der Waals surface area contributed by atoms with Crippen molar-refractivity contribution in [3.8, 4) is 11.5 Å². The maximum absolute atomic E-state index is 13.0. The van der Waals surface area contributed by atoms with Gasteiger partial charge in [-0.3, -0.25) is 4.79 Å². The van der Waals surface area contributed by atoms with E-state index in [1.165, 1.54) is 23.5 Å². The van der Waals surface area contributed by atoms with Gasteiger partial charge in [0.1, 0.15) is 10.7 Å². The van der Waals surface area contributed by atoms with Gasteiger partial charge in [-0.05, 0) is 36.8 Å². The molecule has 1 N–H and O–H groups in total. The maximum Gasteiger partial charge on any atom is 0.267 e. The molecule has 0 spiro atoms. The van der Waals surface area contributed by atoms with E-state index in [4.69, 9.17) is 9.47 Å². The number of methoxy groups -OCH3 is 2. The van der Waals surface area contributed by atoms with Crippen LogP contribution in [0, 0.1) is 12.7 Å². The predicted molar refractivity (Wildman–Crippen MR) is 104 cm³/mol. The Bertz CT molecular complexity index is 954. The van der Waals surface area contributed by atoms with Crippen molar-refractivity contribution in [3.05, 3.63) is 69.4 Å². The van der Waals surface area contributed by atoms with Crippen molar-refractivity contribution in [1.82, 2.24) is 4.98 Å². The van der Waals surface area contributed by atoms with E-state index in [1.54, 1.807) is 51.5 Å². The lowest BCUT2D eigenvalue weighted by Crippen LogP contribution is -2.11. The van der Waals surface area contributed by atoms with E-state index in [0.717, 1.165) is 10.6 Å². The van der Waals surface area contributed by atoms with Gasteiger partial charge in [0.2, 0.25) is 0 Å². The van der Waals surface area contributed by atoms with Crippen LogP contribution in [-0.4, -0.2) is 25.1 Å². The van der Waals surface area contributed by atoms with Crippen LogP contribution in [0.25, 0.3) is 0 Å². The molecule has 140 valence electrons. The number of nitrogens with one attached hydrogen (secondary N) is 1. The van der Waals surface area contributed by atoms with Gasteiger partial charge in [0.15, 0.2) is 11.5 Å². The first-order chi connectivity index (χ1) is 13.0. The fraction of sp³-hybridized carbons (Fsp3) is 0.200. The van der Waals surface area contributed by atoms with E-state index in [0.29, 0.717) is 34.2 Å². The van der Waals surface area contributed by atoms with Crippen LogP contribution in [-0.2, 0) is 6.42 Å². The average molecular weight is 386 g/mol. The number of carbonyl (C=O) groups is 1. The summed E-state index contributed by atoms with van der Waals surface area (Å²) >= 11 is 1.33. The molecule has 2 aromatic carbocycles. The highest BCUT2D eigenvalue weighted by molar-refractivity contribution is 7.14. The zero-order chi connectivity index (χ0) is 19.4. The second kappa shape index (κ2) is 8.18. The van der Waals surface area contributed by atoms with Gasteiger partial charge in [-0.15, -0.1) is 11.3 Å². The molecule has 0 aliphatic heterocycles. The van der Waals surface area contributed by atoms with Gasteiger partial charge >= 0.3 is 0 Å². The zero-order valence-corrected chi connectivity index (χ0v) is 16.0. The topological polar surface area (TPSA) is 60.5 Å². The Hall–Kier alpha value is -2.93. The summed E-state index contributed by atoms with van der Waals surface area (Å²) in [4.78, 5) is 17.7. The second-order valence-corrected chi connectivity index (χ2v) is 6.93. The van der Waals surface area contributed by atoms with Gasteiger partial charge in [0.25, 0.3) is 5.91 Å². The molecule has 0 bridgehead atoms. The van der Waals surface area contributed by atoms with Crippen LogP contribution in [0.1, 0.15) is 25.9 Å². The molecule has 0 saturated carbocycles. The van der Waals surface area contributed by atoms with Crippen LogP contribution in [0.15, 0.2) is 42.5 Å². The van der Waals surface area contributed by atoms with Crippen LogP contribution in [0.5, 0.6) is 11.5 Å². The summed E-state index contributed by atoms with van der Waals surface area (Å²) in [5, 5.41) is 3.66. The lowest BCUT2D eigenvalue weighted by atomic mass is 10.1. The average Bonchev–Trinajstić information content (AvgIpc) is 3.03. The Balaban J connectivity index is 1.75. The summed E-state index contributed by atoms with van der Waals surface area (Å²) in [6.07, 6.45) is 0.551. The molecule has 0 atom stereocenters. The standard InChI is InChI=1S/C20H19FN2O3S/c1-12-19(27-18(22-12)10-13-4-6-14(21)7-5-13)20(24)23-15-8-9-16(25-2)17(11-15)26-3/h4-9,11H,10H2,1-3H3,(H,23,24). The van der Waals surface area contributed by atoms with Crippen LogP contribution in [0.4, 0.5) is 10.1 Å². The lowest BCUT2D eigenvalue weighted by Gasteiger charge is -2.10. The number of rotatable bonds is 6. The van der Waals surface area contributed by atoms with Crippen LogP contribution in [0.2, 0.25) is 0 Å². The lowest BCUT2D eigenvalue weighted by molar-refractivity contribution is 0.103. The number of carbonyl (C=O) groups excluding carboxylic acids is 1. The van der Waals surface area contributed by atoms with Gasteiger partial charge in [0.05, 0.1) is 24.9 Å². The molecule has 3 rings (SSSR count). The Morgan fingerprint density at radius 2 is 1.81 bits per heavy atom. The highest BCUT2D eigenvalue weighted by atomic mass is 32.1. The van der Waals surface area contributed by atoms with Gasteiger partial charge in [-0.25, -0.2) is 9.37 Å². The van der Waals surface area contributed by atoms with E-state index in [1.807, 2.05) is 0 Å². The van der Waals surface area contributed by atoms with Crippen molar-refractivity contribution in [2.24, 2.45) is 0 Å². The van der Waals surface area contributed by atoms with Crippen LogP contribution >= 0.6 is 11.3 Å². The number of nitrogens with zero attached hydrogens (tertiary/aromatic N) is 1. The van der Waals surface area contributed by atoms with E-state index >= 15 is 0 Å². The first kappa shape index (κ1) is 18.8. The fourth-order valence-electron chi connectivity index (χ4n) is 2.62. The molecule has 0 fully saturated rings. The summed E-state index contributed by atoms with van der Waals surface area (Å²) in [6.45, 7) is 1.80. The maximum atomic E-state index is 13.0. The van der Waals surface area contributed by atoms with Gasteiger partial charge < -0.3 is 14.8 Å². The van der Waals surface area contributed by atoms with Crippen LogP contribution < -0.4 is 14.8 Å². The molecule has 1 heterocycles. The summed E-state index contributed by atoms with van der Waals surface area (Å²) in [6, 6.07) is 11.4. The summed E-state index contributed by atoms with van der Waals surface area (Å²) in [5.74, 6) is 0.617. The van der Waals surface area contributed by atoms with Crippen molar-refractivity contribution in [2.45, 2.75) is 13.3 Å². The minimum absolute atomic E-state index is 0.234. The van der Waals surface area contributed by atoms with E-state index in [2.05, 4.69) is 10.3 Å². The molecule has 3 aromatic rings. The normalized spacial score (nSPS) is 10.5. The molecule has 1 aromatic heterocycles. The predicted octanol–water partition coefficient (Wildman–Crippen LogP) is 4.45. The number of anilines is 1. The van der Waals surface area contributed by atoms with E-state index in [-0.39, 0.29) is 11.7 Å². The molecular formula is C20H19FN2O3S. The van der Waals surface area contributed by atoms with E-state index in [9.17, 15) is 9.18 Å². The summed E-state index contributed by atoms with van der Waals surface area (Å²) < 4.78 is 23.5. The number of ether oxygens (including phenoxy) is 2. The highest BCUT2D eigenvalue weighted by Crippen LogP contribution is 2.30. The molecular weight excluding hydrogens is 367 g/mol. The smallest absolute Gasteiger partial charge is 0.267 e. The zero-order valence-electron chi connectivity index (χ0n) is 15.2. The van der Waals surface area contributed by atoms with Crippen LogP contribution in [0.3, 0.4) is 0 Å². The first-order valence-electron chi connectivity index (χ1n) is 8.24. The van der Waals surface area contributed by atoms with Crippen molar-refractivity contribution >= 4 is 22.9 Å². The largest absolute Gasteiger partial charge is 0.493 e. The molecule has 5 nitrogen and oxygen atoms in total. The third-order valence-electron chi connectivity index (χ3n) is 3.96. The number of halogens is 1. The number of thiazole rings is 1. The molecule has 7 heteroatoms. The SMILES string of the molecule is COc1ccc(NC(=O)c2sc(Cc3ccc(F)cc3)nc2C)cc1OC. The Labute approximate surface area is 160 Å². The Kier molecular flexibility index (Phi) is 5.71. The van der Waals surface area contributed by atoms with Gasteiger partial charge in [-0.1, -0.05) is 12.1 Å². The van der Waals surface area contributed by atoms with Crippen molar-refractivity contribution in [3.63, 3.8) is 0 Å². The van der Waals surface area contributed by atoms with Crippen molar-refractivity contribution in [1.29, 1.82) is 0 Å². The first-order valence-corrected chi connectivity index (χ1v) is 9.06. The number of benzene rings is 2. The fourth-order valence-corrected chi connectivity index (χ4v) is 3.61. The molecule has 1 amide bonds. The third-order valence-corrected chi connectivity index (χ3v) is 5.11. The molecule has 0 radical (unpaired) electrons. The number of aryl methyl sites for hydroxylation is 1. The minimum atomic E-state index is -0.274. The van der Waals surface area contributed by atoms with E-state index < -0.39 is 0 Å². The quantitative estimate of drug-likeness (QED) is 0.680. The molecule has 27 heavy (non-hydrogen) atoms. The number of hydrogen-bond acceptors (Lipinski definition) is 5. The summed E-state index contributed by atoms with van der Waals surface area (Å²) in [7, 11) is 3.10. The van der Waals surface area contributed by atoms with Gasteiger partial charge in [0, 0.05) is 18.2 Å². The monoisotopic (exact) mass is 386 g/mol. The molecule has 0 saturated heterocycles. The third kappa shape index (κ3) is 4.43. The molecule has 0 unspecified atom stereocenters. The number of hydrogen-bond donors (Lipinski definition) is 1. The van der Waals surface area contributed by atoms with Crippen molar-refractivity contribution < 1.29 is 18.7 Å². The number of aromatic nitrogens is 1. The Morgan fingerprint density at radius 1 is 1.11 bits per heavy atom. The van der Waals surface area contributed by atoms with Crippen molar-refractivity contribution in [2.75, 3.05) is 19.5 Å².